The van der Waals surface area contributed by atoms with Crippen molar-refractivity contribution in [2.24, 2.45) is 0 Å². The molecule has 0 atom stereocenters. The first-order valence-electron chi connectivity index (χ1n) is 7.81. The number of nitrogens with one attached hydrogen (secondary N) is 1. The van der Waals surface area contributed by atoms with Crippen molar-refractivity contribution in [1.82, 2.24) is 10.2 Å². The number of likely N-dealkylation sites (tertiary alicyclic amines) is 1. The molecule has 1 aliphatic heterocycles. The standard InChI is InChI=1S/C15H26N2O5/c1-4-21-13(19)15(16-12(3)18,14(20)22-5-2)11-17-9-7-6-8-10-17/h4-11H2,1-3H3,(H,16,18). The lowest BCUT2D eigenvalue weighted by Crippen LogP contribution is -2.66. The van der Waals surface area contributed by atoms with Gasteiger partial charge in [0.05, 0.1) is 13.2 Å². The Morgan fingerprint density at radius 2 is 1.50 bits per heavy atom. The quantitative estimate of drug-likeness (QED) is 0.543. The molecule has 1 heterocycles. The average Bonchev–Trinajstić information content (AvgIpc) is 2.47. The van der Waals surface area contributed by atoms with Crippen LogP contribution < -0.4 is 5.32 Å². The van der Waals surface area contributed by atoms with E-state index in [-0.39, 0.29) is 19.8 Å². The van der Waals surface area contributed by atoms with E-state index in [0.29, 0.717) is 0 Å². The summed E-state index contributed by atoms with van der Waals surface area (Å²) in [7, 11) is 0. The molecule has 0 bridgehead atoms. The zero-order chi connectivity index (χ0) is 16.6. The summed E-state index contributed by atoms with van der Waals surface area (Å²) in [6.45, 7) is 6.46. The Morgan fingerprint density at radius 3 is 1.91 bits per heavy atom. The highest BCUT2D eigenvalue weighted by atomic mass is 16.6. The first kappa shape index (κ1) is 18.4. The van der Waals surface area contributed by atoms with Gasteiger partial charge in [-0.05, 0) is 39.8 Å². The van der Waals surface area contributed by atoms with Crippen LogP contribution in [0.3, 0.4) is 0 Å². The van der Waals surface area contributed by atoms with Crippen LogP contribution in [0.25, 0.3) is 0 Å². The topological polar surface area (TPSA) is 84.9 Å². The maximum atomic E-state index is 12.4. The van der Waals surface area contributed by atoms with Crippen LogP contribution in [0.4, 0.5) is 0 Å². The van der Waals surface area contributed by atoms with Crippen molar-refractivity contribution in [3.05, 3.63) is 0 Å². The number of esters is 2. The molecule has 0 saturated carbocycles. The second-order valence-corrected chi connectivity index (χ2v) is 5.36. The Hall–Kier alpha value is -1.63. The number of hydrogen-bond donors (Lipinski definition) is 1. The highest BCUT2D eigenvalue weighted by Gasteiger charge is 2.51. The summed E-state index contributed by atoms with van der Waals surface area (Å²) in [6, 6.07) is 0. The fraction of sp³-hybridized carbons (Fsp3) is 0.800. The summed E-state index contributed by atoms with van der Waals surface area (Å²) < 4.78 is 10.1. The molecule has 1 amide bonds. The van der Waals surface area contributed by atoms with Gasteiger partial charge >= 0.3 is 11.9 Å². The van der Waals surface area contributed by atoms with Gasteiger partial charge in [-0.1, -0.05) is 6.42 Å². The van der Waals surface area contributed by atoms with Gasteiger partial charge in [0, 0.05) is 13.5 Å². The Balaban J connectivity index is 3.07. The van der Waals surface area contributed by atoms with E-state index in [1.165, 1.54) is 6.92 Å². The summed E-state index contributed by atoms with van der Waals surface area (Å²) in [6.07, 6.45) is 3.13. The number of piperidine rings is 1. The first-order valence-corrected chi connectivity index (χ1v) is 7.81. The minimum Gasteiger partial charge on any atom is -0.464 e. The highest BCUT2D eigenvalue weighted by Crippen LogP contribution is 2.18. The van der Waals surface area contributed by atoms with Crippen molar-refractivity contribution in [3.8, 4) is 0 Å². The van der Waals surface area contributed by atoms with Crippen molar-refractivity contribution in [3.63, 3.8) is 0 Å². The van der Waals surface area contributed by atoms with E-state index in [0.717, 1.165) is 32.4 Å². The second kappa shape index (κ2) is 8.73. The molecule has 1 fully saturated rings. The van der Waals surface area contributed by atoms with Crippen molar-refractivity contribution < 1.29 is 23.9 Å². The SMILES string of the molecule is CCOC(=O)C(CN1CCCCC1)(NC(C)=O)C(=O)OCC. The number of carbonyl (C=O) groups excluding carboxylic acids is 3. The van der Waals surface area contributed by atoms with Crippen LogP contribution in [0.15, 0.2) is 0 Å². The molecule has 0 aromatic rings. The van der Waals surface area contributed by atoms with Crippen LogP contribution >= 0.6 is 0 Å². The number of carbonyl (C=O) groups is 3. The molecule has 1 aliphatic rings. The largest absolute Gasteiger partial charge is 0.464 e. The van der Waals surface area contributed by atoms with Crippen LogP contribution in [-0.4, -0.2) is 61.1 Å². The minimum absolute atomic E-state index is 0.0737. The third kappa shape index (κ3) is 4.69. The van der Waals surface area contributed by atoms with Crippen molar-refractivity contribution in [1.29, 1.82) is 0 Å². The van der Waals surface area contributed by atoms with Gasteiger partial charge in [-0.2, -0.15) is 0 Å². The van der Waals surface area contributed by atoms with Crippen molar-refractivity contribution in [2.75, 3.05) is 32.8 Å². The van der Waals surface area contributed by atoms with Gasteiger partial charge in [0.25, 0.3) is 0 Å². The molecular formula is C15H26N2O5. The van der Waals surface area contributed by atoms with Gasteiger partial charge < -0.3 is 14.8 Å². The molecule has 7 heteroatoms. The molecule has 0 spiro atoms. The van der Waals surface area contributed by atoms with Crippen LogP contribution in [0.5, 0.6) is 0 Å². The molecule has 0 unspecified atom stereocenters. The van der Waals surface area contributed by atoms with E-state index in [1.54, 1.807) is 13.8 Å². The predicted molar refractivity (Wildman–Crippen MR) is 80.1 cm³/mol. The maximum Gasteiger partial charge on any atom is 0.345 e. The van der Waals surface area contributed by atoms with Gasteiger partial charge in [0.2, 0.25) is 11.4 Å². The zero-order valence-electron chi connectivity index (χ0n) is 13.6. The van der Waals surface area contributed by atoms with Gasteiger partial charge in [0.1, 0.15) is 0 Å². The number of nitrogens with zero attached hydrogens (tertiary/aromatic N) is 1. The molecular weight excluding hydrogens is 288 g/mol. The third-order valence-electron chi connectivity index (χ3n) is 3.55. The molecule has 0 aromatic heterocycles. The second-order valence-electron chi connectivity index (χ2n) is 5.36. The lowest BCUT2D eigenvalue weighted by atomic mass is 9.97. The molecule has 1 N–H and O–H groups in total. The van der Waals surface area contributed by atoms with Crippen molar-refractivity contribution >= 4 is 17.8 Å². The van der Waals surface area contributed by atoms with Crippen LogP contribution in [-0.2, 0) is 23.9 Å². The Bertz CT molecular complexity index is 387. The van der Waals surface area contributed by atoms with Crippen LogP contribution in [0.2, 0.25) is 0 Å². The average molecular weight is 314 g/mol. The number of hydrogen-bond acceptors (Lipinski definition) is 6. The molecule has 0 aromatic carbocycles. The summed E-state index contributed by atoms with van der Waals surface area (Å²) in [4.78, 5) is 38.4. The molecule has 1 rings (SSSR count). The Kier molecular flexibility index (Phi) is 7.31. The van der Waals surface area contributed by atoms with Crippen LogP contribution in [0.1, 0.15) is 40.0 Å². The Labute approximate surface area is 131 Å². The van der Waals surface area contributed by atoms with E-state index in [9.17, 15) is 14.4 Å². The van der Waals surface area contributed by atoms with Gasteiger partial charge in [-0.25, -0.2) is 9.59 Å². The minimum atomic E-state index is -1.80. The van der Waals surface area contributed by atoms with Crippen molar-refractivity contribution in [2.45, 2.75) is 45.6 Å². The van der Waals surface area contributed by atoms with Gasteiger partial charge in [-0.15, -0.1) is 0 Å². The van der Waals surface area contributed by atoms with E-state index < -0.39 is 23.4 Å². The van der Waals surface area contributed by atoms with E-state index in [1.807, 2.05) is 4.90 Å². The number of ether oxygens (including phenoxy) is 2. The molecule has 126 valence electrons. The molecule has 0 radical (unpaired) electrons. The molecule has 0 aliphatic carbocycles. The summed E-state index contributed by atoms with van der Waals surface area (Å²) in [5, 5.41) is 2.48. The van der Waals surface area contributed by atoms with Gasteiger partial charge in [-0.3, -0.25) is 9.69 Å². The Morgan fingerprint density at radius 1 is 1.00 bits per heavy atom. The number of rotatable bonds is 7. The first-order chi connectivity index (χ1) is 10.5. The normalized spacial score (nSPS) is 16.0. The van der Waals surface area contributed by atoms with E-state index in [2.05, 4.69) is 5.32 Å². The van der Waals surface area contributed by atoms with E-state index >= 15 is 0 Å². The summed E-state index contributed by atoms with van der Waals surface area (Å²) in [5.74, 6) is -2.01. The summed E-state index contributed by atoms with van der Waals surface area (Å²) >= 11 is 0. The smallest absolute Gasteiger partial charge is 0.345 e. The third-order valence-corrected chi connectivity index (χ3v) is 3.55. The predicted octanol–water partition coefficient (Wildman–Crippen LogP) is 0.473. The van der Waals surface area contributed by atoms with Crippen LogP contribution in [0, 0.1) is 0 Å². The lowest BCUT2D eigenvalue weighted by molar-refractivity contribution is -0.169. The zero-order valence-corrected chi connectivity index (χ0v) is 13.6. The summed E-state index contributed by atoms with van der Waals surface area (Å²) in [5.41, 5.74) is -1.80. The lowest BCUT2D eigenvalue weighted by Gasteiger charge is -2.36. The molecule has 22 heavy (non-hydrogen) atoms. The monoisotopic (exact) mass is 314 g/mol. The fourth-order valence-electron chi connectivity index (χ4n) is 2.62. The fourth-order valence-corrected chi connectivity index (χ4v) is 2.62. The number of amides is 1. The van der Waals surface area contributed by atoms with Gasteiger partial charge in [0.15, 0.2) is 0 Å². The molecule has 1 saturated heterocycles. The molecule has 7 nitrogen and oxygen atoms in total. The maximum absolute atomic E-state index is 12.4. The highest BCUT2D eigenvalue weighted by molar-refractivity contribution is 6.08. The van der Waals surface area contributed by atoms with E-state index in [4.69, 9.17) is 9.47 Å².